The van der Waals surface area contributed by atoms with Crippen LogP contribution in [0.15, 0.2) is 48.8 Å². The first-order chi connectivity index (χ1) is 10.3. The van der Waals surface area contributed by atoms with E-state index >= 15 is 0 Å². The second kappa shape index (κ2) is 5.97. The van der Waals surface area contributed by atoms with Crippen LogP contribution in [-0.2, 0) is 6.54 Å². The molecule has 0 bridgehead atoms. The second-order valence-electron chi connectivity index (χ2n) is 5.09. The number of nitrogens with one attached hydrogen (secondary N) is 2. The monoisotopic (exact) mass is 281 g/mol. The molecule has 0 saturated carbocycles. The molecule has 0 saturated heterocycles. The highest BCUT2D eigenvalue weighted by atomic mass is 16.5. The molecule has 1 atom stereocenters. The van der Waals surface area contributed by atoms with Crippen LogP contribution in [0.5, 0.6) is 5.75 Å². The van der Waals surface area contributed by atoms with Crippen molar-refractivity contribution in [2.75, 3.05) is 7.11 Å². The molecule has 0 fully saturated rings. The summed E-state index contributed by atoms with van der Waals surface area (Å²) in [5.41, 5.74) is 3.38. The number of hydrogen-bond donors (Lipinski definition) is 2. The van der Waals surface area contributed by atoms with Gasteiger partial charge in [-0.25, -0.2) is 4.98 Å². The molecule has 0 spiro atoms. The van der Waals surface area contributed by atoms with Crippen LogP contribution in [-0.4, -0.2) is 17.1 Å². The van der Waals surface area contributed by atoms with Gasteiger partial charge in [-0.2, -0.15) is 0 Å². The Hall–Kier alpha value is -2.33. The highest BCUT2D eigenvalue weighted by Gasteiger charge is 2.08. The maximum Gasteiger partial charge on any atom is 0.137 e. The molecule has 108 valence electrons. The van der Waals surface area contributed by atoms with Gasteiger partial charge in [-0.15, -0.1) is 0 Å². The fraction of sp³-hybridized carbons (Fsp3) is 0.235. The molecule has 21 heavy (non-hydrogen) atoms. The molecule has 0 radical (unpaired) electrons. The molecule has 3 rings (SSSR count). The molecule has 2 N–H and O–H groups in total. The summed E-state index contributed by atoms with van der Waals surface area (Å²) in [7, 11) is 1.69. The van der Waals surface area contributed by atoms with Crippen LogP contribution in [0.25, 0.3) is 11.0 Å². The molecule has 0 aliphatic heterocycles. The number of ether oxygens (including phenoxy) is 1. The van der Waals surface area contributed by atoms with Crippen LogP contribution in [0, 0.1) is 0 Å². The summed E-state index contributed by atoms with van der Waals surface area (Å²) in [4.78, 5) is 7.51. The number of benzene rings is 1. The molecule has 1 aromatic carbocycles. The largest absolute Gasteiger partial charge is 0.497 e. The average molecular weight is 281 g/mol. The molecule has 0 aliphatic rings. The van der Waals surface area contributed by atoms with Crippen LogP contribution >= 0.6 is 0 Å². The van der Waals surface area contributed by atoms with Gasteiger partial charge in [-0.05, 0) is 42.3 Å². The number of hydrogen-bond acceptors (Lipinski definition) is 3. The minimum atomic E-state index is 0.252. The van der Waals surface area contributed by atoms with Crippen molar-refractivity contribution in [1.29, 1.82) is 0 Å². The van der Waals surface area contributed by atoms with E-state index in [0.717, 1.165) is 17.9 Å². The SMILES string of the molecule is COc1cccc([C@H](C)NCc2c[nH]c3ncccc23)c1. The summed E-state index contributed by atoms with van der Waals surface area (Å²) >= 11 is 0. The van der Waals surface area contributed by atoms with E-state index in [1.54, 1.807) is 13.3 Å². The Labute approximate surface area is 124 Å². The molecule has 2 aromatic heterocycles. The average Bonchev–Trinajstić information content (AvgIpc) is 2.96. The third kappa shape index (κ3) is 2.90. The Morgan fingerprint density at radius 3 is 3.05 bits per heavy atom. The van der Waals surface area contributed by atoms with Crippen LogP contribution < -0.4 is 10.1 Å². The van der Waals surface area contributed by atoms with Crippen LogP contribution in [0.4, 0.5) is 0 Å². The Bertz CT molecular complexity index is 735. The first-order valence-corrected chi connectivity index (χ1v) is 7.06. The molecular weight excluding hydrogens is 262 g/mol. The molecule has 2 heterocycles. The lowest BCUT2D eigenvalue weighted by molar-refractivity contribution is 0.413. The van der Waals surface area contributed by atoms with Crippen molar-refractivity contribution in [3.63, 3.8) is 0 Å². The van der Waals surface area contributed by atoms with Crippen molar-refractivity contribution < 1.29 is 4.74 Å². The standard InChI is InChI=1S/C17H19N3O/c1-12(13-5-3-6-15(9-13)21-2)19-10-14-11-20-17-16(14)7-4-8-18-17/h3-9,11-12,19H,10H2,1-2H3,(H,18,20)/t12-/m0/s1. The summed E-state index contributed by atoms with van der Waals surface area (Å²) in [5, 5.41) is 4.71. The predicted molar refractivity (Wildman–Crippen MR) is 84.3 cm³/mol. The topological polar surface area (TPSA) is 49.9 Å². The Morgan fingerprint density at radius 2 is 2.19 bits per heavy atom. The maximum atomic E-state index is 5.27. The van der Waals surface area contributed by atoms with Gasteiger partial charge >= 0.3 is 0 Å². The fourth-order valence-corrected chi connectivity index (χ4v) is 2.45. The Balaban J connectivity index is 1.72. The zero-order valence-corrected chi connectivity index (χ0v) is 12.3. The first-order valence-electron chi connectivity index (χ1n) is 7.06. The third-order valence-corrected chi connectivity index (χ3v) is 3.73. The van der Waals surface area contributed by atoms with E-state index in [1.165, 1.54) is 16.5 Å². The van der Waals surface area contributed by atoms with E-state index in [9.17, 15) is 0 Å². The van der Waals surface area contributed by atoms with Gasteiger partial charge in [0.05, 0.1) is 7.11 Å². The van der Waals surface area contributed by atoms with Crippen molar-refractivity contribution in [2.24, 2.45) is 0 Å². The van der Waals surface area contributed by atoms with Gasteiger partial charge in [-0.1, -0.05) is 12.1 Å². The molecule has 4 nitrogen and oxygen atoms in total. The lowest BCUT2D eigenvalue weighted by Gasteiger charge is -2.14. The van der Waals surface area contributed by atoms with Gasteiger partial charge in [0, 0.05) is 30.4 Å². The van der Waals surface area contributed by atoms with E-state index in [4.69, 9.17) is 4.74 Å². The normalized spacial score (nSPS) is 12.5. The van der Waals surface area contributed by atoms with E-state index in [-0.39, 0.29) is 6.04 Å². The molecular formula is C17H19N3O. The fourth-order valence-electron chi connectivity index (χ4n) is 2.45. The molecule has 3 aromatic rings. The van der Waals surface area contributed by atoms with Gasteiger partial charge in [0.2, 0.25) is 0 Å². The highest BCUT2D eigenvalue weighted by Crippen LogP contribution is 2.20. The van der Waals surface area contributed by atoms with Crippen LogP contribution in [0.1, 0.15) is 24.1 Å². The summed E-state index contributed by atoms with van der Waals surface area (Å²) < 4.78 is 5.27. The zero-order chi connectivity index (χ0) is 14.7. The van der Waals surface area contributed by atoms with Crippen LogP contribution in [0.2, 0.25) is 0 Å². The number of methoxy groups -OCH3 is 1. The zero-order valence-electron chi connectivity index (χ0n) is 12.3. The predicted octanol–water partition coefficient (Wildman–Crippen LogP) is 3.42. The van der Waals surface area contributed by atoms with Crippen molar-refractivity contribution in [2.45, 2.75) is 19.5 Å². The summed E-state index contributed by atoms with van der Waals surface area (Å²) in [5.74, 6) is 0.887. The molecule has 0 unspecified atom stereocenters. The lowest BCUT2D eigenvalue weighted by Crippen LogP contribution is -2.17. The number of rotatable bonds is 5. The number of aromatic amines is 1. The van der Waals surface area contributed by atoms with E-state index in [1.807, 2.05) is 24.4 Å². The van der Waals surface area contributed by atoms with Crippen molar-refractivity contribution >= 4 is 11.0 Å². The Kier molecular flexibility index (Phi) is 3.88. The molecule has 0 amide bonds. The van der Waals surface area contributed by atoms with Gasteiger partial charge in [0.15, 0.2) is 0 Å². The first kappa shape index (κ1) is 13.6. The Morgan fingerprint density at radius 1 is 1.29 bits per heavy atom. The van der Waals surface area contributed by atoms with Gasteiger partial charge in [0.25, 0.3) is 0 Å². The quantitative estimate of drug-likeness (QED) is 0.753. The third-order valence-electron chi connectivity index (χ3n) is 3.73. The maximum absolute atomic E-state index is 5.27. The number of fused-ring (bicyclic) bond motifs is 1. The van der Waals surface area contributed by atoms with Gasteiger partial charge in [-0.3, -0.25) is 0 Å². The number of pyridine rings is 1. The minimum Gasteiger partial charge on any atom is -0.497 e. The number of H-pyrrole nitrogens is 1. The summed E-state index contributed by atoms with van der Waals surface area (Å²) in [6.07, 6.45) is 3.82. The molecule has 4 heteroatoms. The highest BCUT2D eigenvalue weighted by molar-refractivity contribution is 5.79. The van der Waals surface area contributed by atoms with Gasteiger partial charge < -0.3 is 15.0 Å². The minimum absolute atomic E-state index is 0.252. The van der Waals surface area contributed by atoms with E-state index < -0.39 is 0 Å². The smallest absolute Gasteiger partial charge is 0.137 e. The lowest BCUT2D eigenvalue weighted by atomic mass is 10.1. The van der Waals surface area contributed by atoms with Gasteiger partial charge in [0.1, 0.15) is 11.4 Å². The number of aromatic nitrogens is 2. The van der Waals surface area contributed by atoms with Crippen LogP contribution in [0.3, 0.4) is 0 Å². The van der Waals surface area contributed by atoms with Crippen molar-refractivity contribution in [1.82, 2.24) is 15.3 Å². The van der Waals surface area contributed by atoms with E-state index in [0.29, 0.717) is 0 Å². The molecule has 0 aliphatic carbocycles. The summed E-state index contributed by atoms with van der Waals surface area (Å²) in [6, 6.07) is 12.5. The second-order valence-corrected chi connectivity index (χ2v) is 5.09. The van der Waals surface area contributed by atoms with Crippen molar-refractivity contribution in [3.8, 4) is 5.75 Å². The summed E-state index contributed by atoms with van der Waals surface area (Å²) in [6.45, 7) is 2.95. The van der Waals surface area contributed by atoms with Crippen molar-refractivity contribution in [3.05, 3.63) is 59.9 Å². The number of nitrogens with zero attached hydrogens (tertiary/aromatic N) is 1. The van der Waals surface area contributed by atoms with E-state index in [2.05, 4.69) is 40.4 Å².